The first-order valence-corrected chi connectivity index (χ1v) is 7.74. The van der Waals surface area contributed by atoms with Gasteiger partial charge < -0.3 is 20.2 Å². The fourth-order valence-corrected chi connectivity index (χ4v) is 2.46. The van der Waals surface area contributed by atoms with Crippen molar-refractivity contribution in [3.05, 3.63) is 60.0 Å². The van der Waals surface area contributed by atoms with E-state index < -0.39 is 6.10 Å². The number of nitrogens with zero attached hydrogens (tertiary/aromatic N) is 1. The van der Waals surface area contributed by atoms with E-state index in [-0.39, 0.29) is 12.6 Å². The molecule has 0 aliphatic carbocycles. The lowest BCUT2D eigenvalue weighted by molar-refractivity contribution is 0.172. The summed E-state index contributed by atoms with van der Waals surface area (Å²) >= 11 is 0. The molecule has 3 rings (SSSR count). The summed E-state index contributed by atoms with van der Waals surface area (Å²) in [6, 6.07) is 14.5. The number of aromatic nitrogens is 1. The smallest absolute Gasteiger partial charge is 0.319 e. The molecule has 0 bridgehead atoms. The molecule has 0 radical (unpaired) electrons. The number of hydrogen-bond acceptors (Lipinski definition) is 4. The molecule has 1 heterocycles. The van der Waals surface area contributed by atoms with Gasteiger partial charge in [-0.15, -0.1) is 0 Å². The van der Waals surface area contributed by atoms with Gasteiger partial charge in [0.2, 0.25) is 0 Å². The van der Waals surface area contributed by atoms with E-state index >= 15 is 0 Å². The average Bonchev–Trinajstić information content (AvgIpc) is 2.93. The SMILES string of the molecule is Cc1nc2ccc(NC(=O)NCC(O)Cc3ccccc3)cc2o1. The van der Waals surface area contributed by atoms with E-state index in [9.17, 15) is 9.90 Å². The van der Waals surface area contributed by atoms with Crippen molar-refractivity contribution in [2.24, 2.45) is 0 Å². The van der Waals surface area contributed by atoms with Crippen molar-refractivity contribution in [1.29, 1.82) is 0 Å². The van der Waals surface area contributed by atoms with E-state index in [1.807, 2.05) is 30.3 Å². The lowest BCUT2D eigenvalue weighted by atomic mass is 10.1. The van der Waals surface area contributed by atoms with Crippen molar-refractivity contribution in [3.8, 4) is 0 Å². The maximum Gasteiger partial charge on any atom is 0.319 e. The Bertz CT molecular complexity index is 830. The molecule has 1 aromatic heterocycles. The molecule has 0 aliphatic rings. The molecule has 0 saturated carbocycles. The lowest BCUT2D eigenvalue weighted by Crippen LogP contribution is -2.36. The summed E-state index contributed by atoms with van der Waals surface area (Å²) in [4.78, 5) is 16.1. The Morgan fingerprint density at radius 3 is 2.83 bits per heavy atom. The number of aliphatic hydroxyl groups excluding tert-OH is 1. The number of nitrogens with one attached hydrogen (secondary N) is 2. The third-order valence-corrected chi connectivity index (χ3v) is 3.57. The molecule has 6 heteroatoms. The Hall–Kier alpha value is -2.86. The van der Waals surface area contributed by atoms with Crippen LogP contribution in [0.5, 0.6) is 0 Å². The van der Waals surface area contributed by atoms with Gasteiger partial charge in [0.15, 0.2) is 11.5 Å². The molecule has 0 spiro atoms. The third kappa shape index (κ3) is 4.11. The summed E-state index contributed by atoms with van der Waals surface area (Å²) in [6.07, 6.45) is -0.151. The number of benzene rings is 2. The summed E-state index contributed by atoms with van der Waals surface area (Å²) in [5.41, 5.74) is 3.00. The predicted octanol–water partition coefficient (Wildman–Crippen LogP) is 2.86. The van der Waals surface area contributed by atoms with E-state index in [4.69, 9.17) is 4.42 Å². The molecule has 124 valence electrons. The van der Waals surface area contributed by atoms with Crippen molar-refractivity contribution in [1.82, 2.24) is 10.3 Å². The van der Waals surface area contributed by atoms with Crippen LogP contribution in [0.15, 0.2) is 52.9 Å². The number of anilines is 1. The van der Waals surface area contributed by atoms with Crippen LogP contribution in [0.1, 0.15) is 11.5 Å². The number of hydrogen-bond donors (Lipinski definition) is 3. The first-order chi connectivity index (χ1) is 11.6. The van der Waals surface area contributed by atoms with Crippen molar-refractivity contribution >= 4 is 22.8 Å². The largest absolute Gasteiger partial charge is 0.441 e. The molecule has 2 aromatic carbocycles. The van der Waals surface area contributed by atoms with Crippen molar-refractivity contribution < 1.29 is 14.3 Å². The molecule has 0 saturated heterocycles. The highest BCUT2D eigenvalue weighted by atomic mass is 16.3. The summed E-state index contributed by atoms with van der Waals surface area (Å²) in [6.45, 7) is 1.94. The fourth-order valence-electron chi connectivity index (χ4n) is 2.46. The summed E-state index contributed by atoms with van der Waals surface area (Å²) < 4.78 is 5.43. The van der Waals surface area contributed by atoms with Crippen LogP contribution in [-0.2, 0) is 6.42 Å². The van der Waals surface area contributed by atoms with Crippen LogP contribution in [0, 0.1) is 6.92 Å². The number of oxazole rings is 1. The minimum atomic E-state index is -0.641. The van der Waals surface area contributed by atoms with E-state index in [2.05, 4.69) is 15.6 Å². The second-order valence-corrected chi connectivity index (χ2v) is 5.59. The van der Waals surface area contributed by atoms with Crippen LogP contribution in [-0.4, -0.2) is 28.8 Å². The molecular weight excluding hydrogens is 306 g/mol. The molecule has 2 amide bonds. The molecule has 3 aromatic rings. The highest BCUT2D eigenvalue weighted by Crippen LogP contribution is 2.19. The van der Waals surface area contributed by atoms with E-state index in [1.165, 1.54) is 0 Å². The Balaban J connectivity index is 1.51. The average molecular weight is 325 g/mol. The molecule has 1 atom stereocenters. The highest BCUT2D eigenvalue weighted by molar-refractivity contribution is 5.91. The predicted molar refractivity (Wildman–Crippen MR) is 91.9 cm³/mol. The molecule has 0 aliphatic heterocycles. The minimum absolute atomic E-state index is 0.171. The van der Waals surface area contributed by atoms with E-state index in [0.717, 1.165) is 11.1 Å². The molecule has 6 nitrogen and oxygen atoms in total. The number of fused-ring (bicyclic) bond motifs is 1. The van der Waals surface area contributed by atoms with Gasteiger partial charge in [-0.3, -0.25) is 0 Å². The van der Waals surface area contributed by atoms with Gasteiger partial charge in [0.25, 0.3) is 0 Å². The number of rotatable bonds is 5. The van der Waals surface area contributed by atoms with Crippen molar-refractivity contribution in [3.63, 3.8) is 0 Å². The van der Waals surface area contributed by atoms with Crippen LogP contribution in [0.2, 0.25) is 0 Å². The normalized spacial score (nSPS) is 12.1. The van der Waals surface area contributed by atoms with Gasteiger partial charge in [-0.25, -0.2) is 9.78 Å². The number of aryl methyl sites for hydroxylation is 1. The third-order valence-electron chi connectivity index (χ3n) is 3.57. The Labute approximate surface area is 139 Å². The zero-order chi connectivity index (χ0) is 16.9. The van der Waals surface area contributed by atoms with Crippen LogP contribution >= 0.6 is 0 Å². The van der Waals surface area contributed by atoms with Gasteiger partial charge in [0, 0.05) is 31.6 Å². The number of aliphatic hydroxyl groups is 1. The number of urea groups is 1. The molecule has 1 unspecified atom stereocenters. The quantitative estimate of drug-likeness (QED) is 0.673. The standard InChI is InChI=1S/C18H19N3O3/c1-12-20-16-8-7-14(10-17(16)24-12)21-18(23)19-11-15(22)9-13-5-3-2-4-6-13/h2-8,10,15,22H,9,11H2,1H3,(H2,19,21,23). The number of carbonyl (C=O) groups excluding carboxylic acids is 1. The summed E-state index contributed by atoms with van der Waals surface area (Å²) in [7, 11) is 0. The monoisotopic (exact) mass is 325 g/mol. The minimum Gasteiger partial charge on any atom is -0.441 e. The van der Waals surface area contributed by atoms with Gasteiger partial charge in [0.05, 0.1) is 6.10 Å². The Morgan fingerprint density at radius 2 is 2.04 bits per heavy atom. The Kier molecular flexibility index (Phi) is 4.77. The van der Waals surface area contributed by atoms with Crippen LogP contribution in [0.4, 0.5) is 10.5 Å². The van der Waals surface area contributed by atoms with Gasteiger partial charge in [-0.2, -0.15) is 0 Å². The maximum atomic E-state index is 11.9. The van der Waals surface area contributed by atoms with Gasteiger partial charge in [-0.05, 0) is 17.7 Å². The van der Waals surface area contributed by atoms with Crippen molar-refractivity contribution in [2.75, 3.05) is 11.9 Å². The first kappa shape index (κ1) is 16.0. The second kappa shape index (κ2) is 7.14. The molecular formula is C18H19N3O3. The lowest BCUT2D eigenvalue weighted by Gasteiger charge is -2.12. The molecule has 3 N–H and O–H groups in total. The van der Waals surface area contributed by atoms with Gasteiger partial charge in [-0.1, -0.05) is 30.3 Å². The van der Waals surface area contributed by atoms with Crippen molar-refractivity contribution in [2.45, 2.75) is 19.4 Å². The zero-order valence-corrected chi connectivity index (χ0v) is 13.3. The number of amides is 2. The summed E-state index contributed by atoms with van der Waals surface area (Å²) in [5.74, 6) is 0.579. The van der Waals surface area contributed by atoms with Gasteiger partial charge in [0.1, 0.15) is 5.52 Å². The zero-order valence-electron chi connectivity index (χ0n) is 13.3. The molecule has 24 heavy (non-hydrogen) atoms. The summed E-state index contributed by atoms with van der Waals surface area (Å²) in [5, 5.41) is 15.4. The molecule has 0 fully saturated rings. The van der Waals surface area contributed by atoms with E-state index in [1.54, 1.807) is 25.1 Å². The van der Waals surface area contributed by atoms with E-state index in [0.29, 0.717) is 23.6 Å². The number of carbonyl (C=O) groups is 1. The Morgan fingerprint density at radius 1 is 1.25 bits per heavy atom. The topological polar surface area (TPSA) is 87.4 Å². The van der Waals surface area contributed by atoms with Crippen LogP contribution in [0.25, 0.3) is 11.1 Å². The maximum absolute atomic E-state index is 11.9. The van der Waals surface area contributed by atoms with Crippen LogP contribution < -0.4 is 10.6 Å². The second-order valence-electron chi connectivity index (χ2n) is 5.59. The van der Waals surface area contributed by atoms with Crippen LogP contribution in [0.3, 0.4) is 0 Å². The van der Waals surface area contributed by atoms with Gasteiger partial charge >= 0.3 is 6.03 Å². The first-order valence-electron chi connectivity index (χ1n) is 7.74. The fraction of sp³-hybridized carbons (Fsp3) is 0.222. The highest BCUT2D eigenvalue weighted by Gasteiger charge is 2.09.